The Morgan fingerprint density at radius 3 is 2.48 bits per heavy atom. The van der Waals surface area contributed by atoms with Gasteiger partial charge in [0.2, 0.25) is 5.91 Å². The number of phenolic OH excluding ortho intramolecular Hbond substituents is 2. The van der Waals surface area contributed by atoms with Crippen LogP contribution < -0.4 is 10.6 Å². The standard InChI is InChI=1S/C10H12N4O6S/c11-14(10(18)13-4-3-9(13)17)21(19,20)12-6-1-2-7(15)8(16)5-6/h1-2,5,12,15-16H,3-4,11H2. The van der Waals surface area contributed by atoms with E-state index < -0.39 is 33.6 Å². The molecule has 0 atom stereocenters. The molecule has 1 heterocycles. The van der Waals surface area contributed by atoms with Crippen LogP contribution in [0.15, 0.2) is 18.2 Å². The highest BCUT2D eigenvalue weighted by molar-refractivity contribution is 7.90. The number of urea groups is 1. The predicted molar refractivity (Wildman–Crippen MR) is 70.1 cm³/mol. The zero-order valence-corrected chi connectivity index (χ0v) is 11.4. The first-order valence-electron chi connectivity index (χ1n) is 5.66. The number of hydrogen-bond acceptors (Lipinski definition) is 7. The molecule has 0 aliphatic carbocycles. The van der Waals surface area contributed by atoms with Crippen LogP contribution in [0.2, 0.25) is 0 Å². The van der Waals surface area contributed by atoms with E-state index in [1.807, 2.05) is 4.72 Å². The summed E-state index contributed by atoms with van der Waals surface area (Å²) in [4.78, 5) is 23.5. The molecule has 21 heavy (non-hydrogen) atoms. The van der Waals surface area contributed by atoms with Crippen molar-refractivity contribution in [2.45, 2.75) is 6.42 Å². The lowest BCUT2D eigenvalue weighted by Gasteiger charge is -2.31. The Balaban J connectivity index is 2.15. The van der Waals surface area contributed by atoms with Crippen LogP contribution in [0.3, 0.4) is 0 Å². The topological polar surface area (TPSA) is 153 Å². The van der Waals surface area contributed by atoms with Gasteiger partial charge in [0, 0.05) is 19.0 Å². The third-order valence-corrected chi connectivity index (χ3v) is 3.92. The third kappa shape index (κ3) is 2.83. The first-order chi connectivity index (χ1) is 9.72. The van der Waals surface area contributed by atoms with Gasteiger partial charge in [-0.1, -0.05) is 0 Å². The van der Waals surface area contributed by atoms with Gasteiger partial charge in [-0.3, -0.25) is 14.4 Å². The van der Waals surface area contributed by atoms with Crippen LogP contribution >= 0.6 is 0 Å². The average Bonchev–Trinajstić information content (AvgIpc) is 2.40. The maximum Gasteiger partial charge on any atom is 0.356 e. The van der Waals surface area contributed by atoms with Gasteiger partial charge in [0.25, 0.3) is 0 Å². The molecule has 1 saturated heterocycles. The number of benzene rings is 1. The number of hydrazine groups is 1. The number of anilines is 1. The van der Waals surface area contributed by atoms with Gasteiger partial charge >= 0.3 is 16.2 Å². The van der Waals surface area contributed by atoms with Gasteiger partial charge in [0.15, 0.2) is 11.5 Å². The summed E-state index contributed by atoms with van der Waals surface area (Å²) < 4.78 is 25.6. The Kier molecular flexibility index (Phi) is 3.61. The smallest absolute Gasteiger partial charge is 0.356 e. The van der Waals surface area contributed by atoms with Gasteiger partial charge in [-0.2, -0.15) is 8.42 Å². The van der Waals surface area contributed by atoms with Crippen LogP contribution in [-0.2, 0) is 15.0 Å². The number of carbonyl (C=O) groups excluding carboxylic acids is 2. The molecule has 3 amide bonds. The van der Waals surface area contributed by atoms with E-state index >= 15 is 0 Å². The number of rotatable bonds is 3. The molecule has 11 heteroatoms. The summed E-state index contributed by atoms with van der Waals surface area (Å²) in [5.41, 5.74) is -0.122. The highest BCUT2D eigenvalue weighted by Crippen LogP contribution is 2.28. The van der Waals surface area contributed by atoms with Crippen molar-refractivity contribution in [2.24, 2.45) is 5.84 Å². The van der Waals surface area contributed by atoms with E-state index in [-0.39, 0.29) is 23.1 Å². The highest BCUT2D eigenvalue weighted by Gasteiger charge is 2.37. The second-order valence-electron chi connectivity index (χ2n) is 4.18. The predicted octanol–water partition coefficient (Wildman–Crippen LogP) is -0.717. The second-order valence-corrected chi connectivity index (χ2v) is 5.73. The SMILES string of the molecule is NN(C(=O)N1CCC1=O)S(=O)(=O)Nc1ccc(O)c(O)c1. The van der Waals surface area contributed by atoms with Crippen molar-refractivity contribution < 1.29 is 28.2 Å². The summed E-state index contributed by atoms with van der Waals surface area (Å²) in [6.45, 7) is 0.0981. The van der Waals surface area contributed by atoms with Gasteiger partial charge in [-0.25, -0.2) is 10.6 Å². The van der Waals surface area contributed by atoms with Crippen LogP contribution in [0.4, 0.5) is 10.5 Å². The van der Waals surface area contributed by atoms with E-state index in [1.54, 1.807) is 0 Å². The number of imide groups is 1. The number of nitrogens with two attached hydrogens (primary N) is 1. The average molecular weight is 316 g/mol. The summed E-state index contributed by atoms with van der Waals surface area (Å²) in [5.74, 6) is 3.70. The molecule has 0 spiro atoms. The molecular weight excluding hydrogens is 304 g/mol. The number of likely N-dealkylation sites (tertiary alicyclic amines) is 1. The molecule has 0 radical (unpaired) electrons. The lowest BCUT2D eigenvalue weighted by atomic mass is 10.2. The van der Waals surface area contributed by atoms with E-state index in [0.29, 0.717) is 4.90 Å². The van der Waals surface area contributed by atoms with E-state index in [2.05, 4.69) is 0 Å². The number of hydrogen-bond donors (Lipinski definition) is 4. The number of amides is 3. The maximum absolute atomic E-state index is 11.9. The van der Waals surface area contributed by atoms with E-state index in [0.717, 1.165) is 18.2 Å². The Bertz CT molecular complexity index is 703. The lowest BCUT2D eigenvalue weighted by molar-refractivity contribution is -0.135. The molecule has 1 fully saturated rings. The van der Waals surface area contributed by atoms with Crippen LogP contribution in [-0.4, -0.2) is 46.4 Å². The van der Waals surface area contributed by atoms with Gasteiger partial charge in [0.1, 0.15) is 0 Å². The van der Waals surface area contributed by atoms with E-state index in [1.165, 1.54) is 0 Å². The zero-order chi connectivity index (χ0) is 15.8. The van der Waals surface area contributed by atoms with Crippen LogP contribution in [0, 0.1) is 0 Å². The summed E-state index contributed by atoms with van der Waals surface area (Å²) >= 11 is 0. The third-order valence-electron chi connectivity index (χ3n) is 2.75. The number of β-lactam (4-membered cyclic amide) rings is 1. The van der Waals surface area contributed by atoms with Gasteiger partial charge in [-0.15, -0.1) is 4.41 Å². The molecule has 1 aromatic rings. The maximum atomic E-state index is 11.9. The number of phenols is 2. The van der Waals surface area contributed by atoms with Crippen molar-refractivity contribution in [1.29, 1.82) is 0 Å². The molecule has 0 bridgehead atoms. The monoisotopic (exact) mass is 316 g/mol. The fourth-order valence-corrected chi connectivity index (χ4v) is 2.35. The molecular formula is C10H12N4O6S. The highest BCUT2D eigenvalue weighted by atomic mass is 32.2. The quantitative estimate of drug-likeness (QED) is 0.143. The first-order valence-corrected chi connectivity index (χ1v) is 7.10. The molecule has 0 saturated carbocycles. The fraction of sp³-hybridized carbons (Fsp3) is 0.200. The number of aromatic hydroxyl groups is 2. The summed E-state index contributed by atoms with van der Waals surface area (Å²) in [6, 6.07) is 1.95. The van der Waals surface area contributed by atoms with Crippen molar-refractivity contribution in [3.63, 3.8) is 0 Å². The minimum Gasteiger partial charge on any atom is -0.504 e. The minimum absolute atomic E-state index is 0.0981. The van der Waals surface area contributed by atoms with Gasteiger partial charge in [-0.05, 0) is 12.1 Å². The van der Waals surface area contributed by atoms with Crippen LogP contribution in [0.25, 0.3) is 0 Å². The molecule has 0 unspecified atom stereocenters. The van der Waals surface area contributed by atoms with Crippen molar-refractivity contribution >= 4 is 27.8 Å². The molecule has 1 aromatic carbocycles. The Labute approximate surface area is 119 Å². The summed E-state index contributed by atoms with van der Waals surface area (Å²) in [6.07, 6.45) is 0.152. The molecule has 0 aromatic heterocycles. The van der Waals surface area contributed by atoms with Crippen molar-refractivity contribution in [2.75, 3.05) is 11.3 Å². The number of nitrogens with one attached hydrogen (secondary N) is 1. The molecule has 114 valence electrons. The van der Waals surface area contributed by atoms with Gasteiger partial charge in [0.05, 0.1) is 5.69 Å². The van der Waals surface area contributed by atoms with E-state index in [9.17, 15) is 23.1 Å². The number of nitrogens with zero attached hydrogens (tertiary/aromatic N) is 2. The molecule has 1 aliphatic rings. The molecule has 1 aliphatic heterocycles. The first kappa shape index (κ1) is 14.9. The fourth-order valence-electron chi connectivity index (χ4n) is 1.52. The zero-order valence-electron chi connectivity index (χ0n) is 10.6. The van der Waals surface area contributed by atoms with Crippen LogP contribution in [0.5, 0.6) is 11.5 Å². The Morgan fingerprint density at radius 2 is 2.00 bits per heavy atom. The lowest BCUT2D eigenvalue weighted by Crippen LogP contribution is -2.58. The summed E-state index contributed by atoms with van der Waals surface area (Å²) in [5, 5.41) is 18.4. The Hall–Kier alpha value is -2.53. The van der Waals surface area contributed by atoms with Crippen molar-refractivity contribution in [1.82, 2.24) is 9.31 Å². The Morgan fingerprint density at radius 1 is 1.33 bits per heavy atom. The largest absolute Gasteiger partial charge is 0.504 e. The van der Waals surface area contributed by atoms with Crippen molar-refractivity contribution in [3.8, 4) is 11.5 Å². The molecule has 2 rings (SSSR count). The number of carbonyl (C=O) groups is 2. The summed E-state index contributed by atoms with van der Waals surface area (Å²) in [7, 11) is -4.46. The van der Waals surface area contributed by atoms with Crippen LogP contribution in [0.1, 0.15) is 6.42 Å². The second kappa shape index (κ2) is 5.10. The van der Waals surface area contributed by atoms with Gasteiger partial charge < -0.3 is 10.2 Å². The molecule has 5 N–H and O–H groups in total. The van der Waals surface area contributed by atoms with E-state index in [4.69, 9.17) is 10.9 Å². The molecule has 10 nitrogen and oxygen atoms in total. The van der Waals surface area contributed by atoms with Crippen molar-refractivity contribution in [3.05, 3.63) is 18.2 Å². The normalized spacial score (nSPS) is 14.5. The minimum atomic E-state index is -4.46.